The molecule has 1 aromatic carbocycles. The molecule has 0 heterocycles. The molecule has 0 aliphatic rings. The Morgan fingerprint density at radius 3 is 2.78 bits per heavy atom. The minimum absolute atomic E-state index is 0.142. The molecule has 0 radical (unpaired) electrons. The molecule has 0 bridgehead atoms. The number of hydrogen-bond acceptors (Lipinski definition) is 4. The molecule has 1 rings (SSSR count). The Hall–Kier alpha value is -2.72. The Balaban J connectivity index is 2.24. The largest absolute Gasteiger partial charge is 0.481 e. The Bertz CT molecular complexity index is 578. The standard InChI is InChI=1S/C16H21N3O4/c1-13(20)19-14-6-5-7-15(12-14)23-10-4-3-8-17-16(21)18-9-11-22-2/h5-7,12H,8-11H2,1-2H3,(H,19,20)(H2,17,18,21). The van der Waals surface area contributed by atoms with Crippen molar-refractivity contribution >= 4 is 17.6 Å². The number of ether oxygens (including phenoxy) is 2. The lowest BCUT2D eigenvalue weighted by Crippen LogP contribution is -2.37. The normalized spacial score (nSPS) is 9.30. The van der Waals surface area contributed by atoms with Gasteiger partial charge in [0, 0.05) is 32.3 Å². The number of hydrogen-bond donors (Lipinski definition) is 3. The van der Waals surface area contributed by atoms with E-state index in [0.29, 0.717) is 24.6 Å². The lowest BCUT2D eigenvalue weighted by molar-refractivity contribution is -0.114. The number of carbonyl (C=O) groups is 2. The maximum Gasteiger partial charge on any atom is 0.315 e. The molecule has 3 amide bonds. The molecule has 0 saturated carbocycles. The minimum atomic E-state index is -0.291. The summed E-state index contributed by atoms with van der Waals surface area (Å²) in [6.45, 7) is 2.77. The van der Waals surface area contributed by atoms with E-state index in [9.17, 15) is 9.59 Å². The maximum absolute atomic E-state index is 11.3. The number of nitrogens with one attached hydrogen (secondary N) is 3. The van der Waals surface area contributed by atoms with Crippen LogP contribution in [0.1, 0.15) is 6.92 Å². The molecule has 0 unspecified atom stereocenters. The lowest BCUT2D eigenvalue weighted by atomic mass is 10.3. The van der Waals surface area contributed by atoms with Gasteiger partial charge >= 0.3 is 6.03 Å². The van der Waals surface area contributed by atoms with E-state index >= 15 is 0 Å². The van der Waals surface area contributed by atoms with Gasteiger partial charge in [0.2, 0.25) is 5.91 Å². The molecular weight excluding hydrogens is 298 g/mol. The van der Waals surface area contributed by atoms with E-state index in [2.05, 4.69) is 27.8 Å². The van der Waals surface area contributed by atoms with Gasteiger partial charge in [-0.2, -0.15) is 0 Å². The first-order chi connectivity index (χ1) is 11.1. The summed E-state index contributed by atoms with van der Waals surface area (Å²) in [6.07, 6.45) is 0. The summed E-state index contributed by atoms with van der Waals surface area (Å²) in [5.41, 5.74) is 0.664. The molecular formula is C16H21N3O4. The van der Waals surface area contributed by atoms with E-state index in [4.69, 9.17) is 9.47 Å². The zero-order valence-electron chi connectivity index (χ0n) is 13.3. The third-order valence-corrected chi connectivity index (χ3v) is 2.52. The van der Waals surface area contributed by atoms with Crippen molar-refractivity contribution < 1.29 is 19.1 Å². The number of amides is 3. The smallest absolute Gasteiger partial charge is 0.315 e. The number of rotatable bonds is 7. The van der Waals surface area contributed by atoms with Gasteiger partial charge in [-0.1, -0.05) is 17.9 Å². The van der Waals surface area contributed by atoms with E-state index in [1.165, 1.54) is 6.92 Å². The van der Waals surface area contributed by atoms with Crippen molar-refractivity contribution in [2.45, 2.75) is 6.92 Å². The van der Waals surface area contributed by atoms with Crippen LogP contribution < -0.4 is 20.7 Å². The highest BCUT2D eigenvalue weighted by atomic mass is 16.5. The fraction of sp³-hybridized carbons (Fsp3) is 0.375. The maximum atomic E-state index is 11.3. The topological polar surface area (TPSA) is 88.7 Å². The third-order valence-electron chi connectivity index (χ3n) is 2.52. The predicted molar refractivity (Wildman–Crippen MR) is 87.3 cm³/mol. The summed E-state index contributed by atoms with van der Waals surface area (Å²) in [5.74, 6) is 6.03. The molecule has 0 aliphatic carbocycles. The highest BCUT2D eigenvalue weighted by Gasteiger charge is 1.98. The van der Waals surface area contributed by atoms with Crippen molar-refractivity contribution in [3.8, 4) is 17.6 Å². The van der Waals surface area contributed by atoms with Crippen LogP contribution in [0.5, 0.6) is 5.75 Å². The fourth-order valence-electron chi connectivity index (χ4n) is 1.55. The molecule has 3 N–H and O–H groups in total. The Labute approximate surface area is 135 Å². The van der Waals surface area contributed by atoms with E-state index < -0.39 is 0 Å². The van der Waals surface area contributed by atoms with Crippen molar-refractivity contribution in [1.82, 2.24) is 10.6 Å². The SMILES string of the molecule is COCCNC(=O)NCC#CCOc1cccc(NC(C)=O)c1. The van der Waals surface area contributed by atoms with E-state index in [0.717, 1.165) is 0 Å². The quantitative estimate of drug-likeness (QED) is 0.516. The van der Waals surface area contributed by atoms with Crippen molar-refractivity contribution in [2.24, 2.45) is 0 Å². The molecule has 23 heavy (non-hydrogen) atoms. The predicted octanol–water partition coefficient (Wildman–Crippen LogP) is 0.973. The second-order valence-electron chi connectivity index (χ2n) is 4.45. The zero-order chi connectivity index (χ0) is 16.9. The Morgan fingerprint density at radius 2 is 2.04 bits per heavy atom. The van der Waals surface area contributed by atoms with Gasteiger partial charge in [-0.25, -0.2) is 4.79 Å². The molecule has 7 heteroatoms. The first-order valence-electron chi connectivity index (χ1n) is 7.08. The van der Waals surface area contributed by atoms with Crippen LogP contribution in [0.2, 0.25) is 0 Å². The van der Waals surface area contributed by atoms with Crippen LogP contribution in [0.15, 0.2) is 24.3 Å². The summed E-state index contributed by atoms with van der Waals surface area (Å²) in [7, 11) is 1.57. The van der Waals surface area contributed by atoms with Gasteiger partial charge in [-0.05, 0) is 12.1 Å². The molecule has 0 aliphatic heterocycles. The van der Waals surface area contributed by atoms with E-state index in [1.807, 2.05) is 0 Å². The summed E-state index contributed by atoms with van der Waals surface area (Å²) >= 11 is 0. The van der Waals surface area contributed by atoms with Crippen molar-refractivity contribution in [3.05, 3.63) is 24.3 Å². The average molecular weight is 319 g/mol. The van der Waals surface area contributed by atoms with Gasteiger partial charge < -0.3 is 25.4 Å². The summed E-state index contributed by atoms with van der Waals surface area (Å²) < 4.78 is 10.3. The number of benzene rings is 1. The summed E-state index contributed by atoms with van der Waals surface area (Å²) in [5, 5.41) is 7.87. The molecule has 124 valence electrons. The van der Waals surface area contributed by atoms with E-state index in [-0.39, 0.29) is 25.1 Å². The molecule has 1 aromatic rings. The first-order valence-corrected chi connectivity index (χ1v) is 7.08. The summed E-state index contributed by atoms with van der Waals surface area (Å²) in [6, 6.07) is 6.74. The fourth-order valence-corrected chi connectivity index (χ4v) is 1.55. The molecule has 0 aromatic heterocycles. The van der Waals surface area contributed by atoms with Gasteiger partial charge in [0.05, 0.1) is 13.2 Å². The third kappa shape index (κ3) is 9.01. The highest BCUT2D eigenvalue weighted by molar-refractivity contribution is 5.88. The number of methoxy groups -OCH3 is 1. The molecule has 0 atom stereocenters. The van der Waals surface area contributed by atoms with Crippen molar-refractivity contribution in [1.29, 1.82) is 0 Å². The second-order valence-corrected chi connectivity index (χ2v) is 4.45. The molecule has 0 spiro atoms. The molecule has 0 saturated heterocycles. The lowest BCUT2D eigenvalue weighted by Gasteiger charge is -2.05. The van der Waals surface area contributed by atoms with Gasteiger partial charge in [-0.3, -0.25) is 4.79 Å². The van der Waals surface area contributed by atoms with Crippen LogP contribution in [-0.2, 0) is 9.53 Å². The van der Waals surface area contributed by atoms with Crippen LogP contribution in [0, 0.1) is 11.8 Å². The van der Waals surface area contributed by atoms with Gasteiger partial charge in [0.25, 0.3) is 0 Å². The number of carbonyl (C=O) groups excluding carboxylic acids is 2. The van der Waals surface area contributed by atoms with Gasteiger partial charge in [0.1, 0.15) is 12.4 Å². The zero-order valence-corrected chi connectivity index (χ0v) is 13.3. The monoisotopic (exact) mass is 319 g/mol. The Kier molecular flexibility index (Phi) is 8.71. The van der Waals surface area contributed by atoms with Crippen molar-refractivity contribution in [3.63, 3.8) is 0 Å². The van der Waals surface area contributed by atoms with Gasteiger partial charge in [-0.15, -0.1) is 0 Å². The first kappa shape index (κ1) is 18.3. The average Bonchev–Trinajstić information content (AvgIpc) is 2.51. The van der Waals surface area contributed by atoms with Crippen LogP contribution in [0.3, 0.4) is 0 Å². The highest BCUT2D eigenvalue weighted by Crippen LogP contribution is 2.16. The van der Waals surface area contributed by atoms with Crippen LogP contribution in [-0.4, -0.2) is 45.4 Å². The van der Waals surface area contributed by atoms with Crippen LogP contribution in [0.25, 0.3) is 0 Å². The van der Waals surface area contributed by atoms with Crippen LogP contribution in [0.4, 0.5) is 10.5 Å². The summed E-state index contributed by atoms with van der Waals surface area (Å²) in [4.78, 5) is 22.3. The minimum Gasteiger partial charge on any atom is -0.481 e. The van der Waals surface area contributed by atoms with Gasteiger partial charge in [0.15, 0.2) is 0 Å². The van der Waals surface area contributed by atoms with Crippen LogP contribution >= 0.6 is 0 Å². The molecule has 7 nitrogen and oxygen atoms in total. The second kappa shape index (κ2) is 10.9. The van der Waals surface area contributed by atoms with Crippen molar-refractivity contribution in [2.75, 3.05) is 38.7 Å². The molecule has 0 fully saturated rings. The number of urea groups is 1. The van der Waals surface area contributed by atoms with E-state index in [1.54, 1.807) is 31.4 Å². The Morgan fingerprint density at radius 1 is 1.22 bits per heavy atom. The number of anilines is 1.